The van der Waals surface area contributed by atoms with Gasteiger partial charge < -0.3 is 4.90 Å². The van der Waals surface area contributed by atoms with Crippen LogP contribution in [0.1, 0.15) is 36.8 Å². The van der Waals surface area contributed by atoms with E-state index in [1.807, 2.05) is 0 Å². The van der Waals surface area contributed by atoms with E-state index in [0.717, 1.165) is 11.1 Å². The van der Waals surface area contributed by atoms with Crippen LogP contribution in [0.25, 0.3) is 5.69 Å². The van der Waals surface area contributed by atoms with Crippen LogP contribution >= 0.6 is 0 Å². The van der Waals surface area contributed by atoms with Gasteiger partial charge in [-0.05, 0) is 54.7 Å². The van der Waals surface area contributed by atoms with Gasteiger partial charge in [-0.2, -0.15) is 0 Å². The van der Waals surface area contributed by atoms with Crippen molar-refractivity contribution in [1.29, 1.82) is 0 Å². The number of pyridine rings is 1. The molecule has 7 heteroatoms. The average molecular weight is 390 g/mol. The van der Waals surface area contributed by atoms with Crippen molar-refractivity contribution in [2.75, 3.05) is 6.54 Å². The standard InChI is InChI=1S/C21H21F3N2O2/c22-17-1-3-18(4-2-17)26-13-16-12-25(10-7-15(16)11-19(26)27)20(28)14-5-8-21(23,24)9-6-14/h1-4,11,13-14H,5-10,12H2. The van der Waals surface area contributed by atoms with E-state index < -0.39 is 5.92 Å². The molecular weight excluding hydrogens is 369 g/mol. The lowest BCUT2D eigenvalue weighted by molar-refractivity contribution is -0.140. The van der Waals surface area contributed by atoms with Gasteiger partial charge >= 0.3 is 0 Å². The highest BCUT2D eigenvalue weighted by Gasteiger charge is 2.39. The Hall–Kier alpha value is -2.57. The van der Waals surface area contributed by atoms with Crippen LogP contribution in [0.4, 0.5) is 13.2 Å². The quantitative estimate of drug-likeness (QED) is 0.785. The third kappa shape index (κ3) is 3.70. The van der Waals surface area contributed by atoms with Crippen molar-refractivity contribution in [3.8, 4) is 5.69 Å². The maximum Gasteiger partial charge on any atom is 0.255 e. The van der Waals surface area contributed by atoms with Crippen molar-refractivity contribution in [3.05, 3.63) is 63.8 Å². The Kier molecular flexibility index (Phi) is 4.77. The largest absolute Gasteiger partial charge is 0.338 e. The molecule has 1 amide bonds. The highest BCUT2D eigenvalue weighted by molar-refractivity contribution is 5.79. The Bertz CT molecular complexity index is 943. The van der Waals surface area contributed by atoms with E-state index in [2.05, 4.69) is 0 Å². The van der Waals surface area contributed by atoms with Crippen LogP contribution in [0.2, 0.25) is 0 Å². The summed E-state index contributed by atoms with van der Waals surface area (Å²) in [6.45, 7) is 0.835. The summed E-state index contributed by atoms with van der Waals surface area (Å²) < 4.78 is 41.3. The number of carbonyl (C=O) groups is 1. The molecule has 2 heterocycles. The van der Waals surface area contributed by atoms with Gasteiger partial charge in [0.05, 0.1) is 0 Å². The zero-order valence-electron chi connectivity index (χ0n) is 15.3. The first-order valence-corrected chi connectivity index (χ1v) is 9.49. The normalized spacial score (nSPS) is 19.3. The molecule has 1 fully saturated rings. The summed E-state index contributed by atoms with van der Waals surface area (Å²) in [6, 6.07) is 7.18. The molecule has 1 aliphatic carbocycles. The molecule has 0 bridgehead atoms. The second-order valence-corrected chi connectivity index (χ2v) is 7.65. The minimum Gasteiger partial charge on any atom is -0.338 e. The van der Waals surface area contributed by atoms with E-state index in [-0.39, 0.29) is 48.9 Å². The number of aromatic nitrogens is 1. The molecule has 1 aromatic heterocycles. The topological polar surface area (TPSA) is 42.3 Å². The van der Waals surface area contributed by atoms with Gasteiger partial charge in [-0.25, -0.2) is 13.2 Å². The first-order chi connectivity index (χ1) is 13.3. The van der Waals surface area contributed by atoms with Gasteiger partial charge in [0, 0.05) is 49.8 Å². The number of alkyl halides is 2. The van der Waals surface area contributed by atoms with Gasteiger partial charge in [0.1, 0.15) is 5.82 Å². The summed E-state index contributed by atoms with van der Waals surface area (Å²) in [6.07, 6.45) is 2.20. The fraction of sp³-hybridized carbons (Fsp3) is 0.429. The fourth-order valence-electron chi connectivity index (χ4n) is 4.07. The predicted molar refractivity (Wildman–Crippen MR) is 98.0 cm³/mol. The average Bonchev–Trinajstić information content (AvgIpc) is 2.67. The van der Waals surface area contributed by atoms with Gasteiger partial charge in [0.25, 0.3) is 5.56 Å². The maximum absolute atomic E-state index is 13.4. The number of nitrogens with zero attached hydrogens (tertiary/aromatic N) is 2. The molecule has 0 spiro atoms. The van der Waals surface area contributed by atoms with E-state index in [0.29, 0.717) is 25.2 Å². The van der Waals surface area contributed by atoms with Crippen LogP contribution in [0.5, 0.6) is 0 Å². The van der Waals surface area contributed by atoms with Crippen molar-refractivity contribution in [1.82, 2.24) is 9.47 Å². The van der Waals surface area contributed by atoms with E-state index >= 15 is 0 Å². The summed E-state index contributed by atoms with van der Waals surface area (Å²) >= 11 is 0. The monoisotopic (exact) mass is 390 g/mol. The van der Waals surface area contributed by atoms with Gasteiger partial charge in [-0.1, -0.05) is 0 Å². The van der Waals surface area contributed by atoms with Gasteiger partial charge in [-0.15, -0.1) is 0 Å². The number of benzene rings is 1. The first-order valence-electron chi connectivity index (χ1n) is 9.49. The molecule has 0 N–H and O–H groups in total. The molecule has 4 nitrogen and oxygen atoms in total. The number of amides is 1. The zero-order valence-corrected chi connectivity index (χ0v) is 15.3. The Morgan fingerprint density at radius 3 is 2.43 bits per heavy atom. The molecule has 28 heavy (non-hydrogen) atoms. The summed E-state index contributed by atoms with van der Waals surface area (Å²) in [5.41, 5.74) is 2.08. The molecule has 0 saturated heterocycles. The number of hydrogen-bond acceptors (Lipinski definition) is 2. The molecule has 4 rings (SSSR count). The second-order valence-electron chi connectivity index (χ2n) is 7.65. The van der Waals surface area contributed by atoms with Crippen LogP contribution in [0.15, 0.2) is 41.3 Å². The zero-order chi connectivity index (χ0) is 19.9. The number of rotatable bonds is 2. The summed E-state index contributed by atoms with van der Waals surface area (Å²) in [5, 5.41) is 0. The Morgan fingerprint density at radius 1 is 1.07 bits per heavy atom. The van der Waals surface area contributed by atoms with E-state index in [4.69, 9.17) is 0 Å². The molecule has 1 aromatic carbocycles. The number of hydrogen-bond donors (Lipinski definition) is 0. The van der Waals surface area contributed by atoms with Crippen LogP contribution in [-0.2, 0) is 17.8 Å². The molecule has 0 atom stereocenters. The molecular formula is C21H21F3N2O2. The third-order valence-corrected chi connectivity index (χ3v) is 5.73. The van der Waals surface area contributed by atoms with E-state index in [9.17, 15) is 22.8 Å². The predicted octanol–water partition coefficient (Wildman–Crippen LogP) is 3.69. The third-order valence-electron chi connectivity index (χ3n) is 5.73. The van der Waals surface area contributed by atoms with E-state index in [1.165, 1.54) is 28.8 Å². The number of carbonyl (C=O) groups excluding carboxylic acids is 1. The van der Waals surface area contributed by atoms with Gasteiger partial charge in [0.15, 0.2) is 0 Å². The maximum atomic E-state index is 13.4. The molecule has 1 saturated carbocycles. The van der Waals surface area contributed by atoms with Crippen molar-refractivity contribution in [2.45, 2.75) is 44.6 Å². The smallest absolute Gasteiger partial charge is 0.255 e. The minimum atomic E-state index is -2.66. The van der Waals surface area contributed by atoms with Crippen LogP contribution < -0.4 is 5.56 Å². The van der Waals surface area contributed by atoms with Crippen molar-refractivity contribution in [2.24, 2.45) is 5.92 Å². The van der Waals surface area contributed by atoms with Crippen LogP contribution in [0.3, 0.4) is 0 Å². The molecule has 0 unspecified atom stereocenters. The van der Waals surface area contributed by atoms with Gasteiger partial charge in [0.2, 0.25) is 11.8 Å². The number of fused-ring (bicyclic) bond motifs is 1. The van der Waals surface area contributed by atoms with Crippen LogP contribution in [-0.4, -0.2) is 27.8 Å². The van der Waals surface area contributed by atoms with E-state index in [1.54, 1.807) is 17.2 Å². The highest BCUT2D eigenvalue weighted by Crippen LogP contribution is 2.37. The Labute approximate surface area is 160 Å². The van der Waals surface area contributed by atoms with Crippen molar-refractivity contribution in [3.63, 3.8) is 0 Å². The lowest BCUT2D eigenvalue weighted by Crippen LogP contribution is -2.42. The number of halogens is 3. The summed E-state index contributed by atoms with van der Waals surface area (Å²) in [5.74, 6) is -3.48. The summed E-state index contributed by atoms with van der Waals surface area (Å²) in [7, 11) is 0. The fourth-order valence-corrected chi connectivity index (χ4v) is 4.07. The minimum absolute atomic E-state index is 0.0827. The highest BCUT2D eigenvalue weighted by atomic mass is 19.3. The molecule has 1 aliphatic heterocycles. The molecule has 2 aliphatic rings. The molecule has 2 aromatic rings. The Morgan fingerprint density at radius 2 is 1.75 bits per heavy atom. The second kappa shape index (κ2) is 7.11. The Balaban J connectivity index is 1.54. The van der Waals surface area contributed by atoms with Crippen LogP contribution in [0, 0.1) is 11.7 Å². The van der Waals surface area contributed by atoms with Crippen molar-refractivity contribution < 1.29 is 18.0 Å². The molecule has 148 valence electrons. The SMILES string of the molecule is O=C(C1CCC(F)(F)CC1)N1CCc2cc(=O)n(-c3ccc(F)cc3)cc2C1. The summed E-state index contributed by atoms with van der Waals surface area (Å²) in [4.78, 5) is 26.9. The first kappa shape index (κ1) is 18.8. The lowest BCUT2D eigenvalue weighted by atomic mass is 9.85. The van der Waals surface area contributed by atoms with Crippen molar-refractivity contribution >= 4 is 5.91 Å². The molecule has 0 radical (unpaired) electrons. The lowest BCUT2D eigenvalue weighted by Gasteiger charge is -2.34. The van der Waals surface area contributed by atoms with Gasteiger partial charge in [-0.3, -0.25) is 14.2 Å².